The molecule has 29 heavy (non-hydrogen) atoms. The minimum Gasteiger partial charge on any atom is -0.378 e. The third-order valence-electron chi connectivity index (χ3n) is 5.26. The van der Waals surface area contributed by atoms with Crippen LogP contribution in [0.15, 0.2) is 48.5 Å². The molecule has 0 aromatic heterocycles. The Morgan fingerprint density at radius 3 is 2.31 bits per heavy atom. The molecule has 148 valence electrons. The monoisotopic (exact) mass is 390 g/mol. The van der Waals surface area contributed by atoms with Gasteiger partial charge in [-0.3, -0.25) is 9.59 Å². The summed E-state index contributed by atoms with van der Waals surface area (Å²) in [6, 6.07) is 16.4. The number of carbonyl (C=O) groups is 2. The van der Waals surface area contributed by atoms with Crippen LogP contribution in [0.5, 0.6) is 0 Å². The van der Waals surface area contributed by atoms with Gasteiger partial charge in [0.15, 0.2) is 0 Å². The second-order valence-electron chi connectivity index (χ2n) is 7.23. The first-order valence-electron chi connectivity index (χ1n) is 9.69. The topological polar surface area (TPSA) is 94.5 Å². The van der Waals surface area contributed by atoms with Gasteiger partial charge in [-0.05, 0) is 42.8 Å². The van der Waals surface area contributed by atoms with E-state index in [1.54, 1.807) is 24.3 Å². The predicted octanol–water partition coefficient (Wildman–Crippen LogP) is 2.61. The van der Waals surface area contributed by atoms with E-state index in [1.807, 2.05) is 30.3 Å². The Bertz CT molecular complexity index is 945. The summed E-state index contributed by atoms with van der Waals surface area (Å²) in [5.74, 6) is -0.964. The van der Waals surface area contributed by atoms with Crippen LogP contribution in [0.2, 0.25) is 0 Å². The molecule has 1 aliphatic heterocycles. The number of benzene rings is 2. The summed E-state index contributed by atoms with van der Waals surface area (Å²) in [7, 11) is 0. The zero-order valence-corrected chi connectivity index (χ0v) is 15.9. The summed E-state index contributed by atoms with van der Waals surface area (Å²) in [5.41, 5.74) is 2.89. The molecule has 7 nitrogen and oxygen atoms in total. The van der Waals surface area contributed by atoms with E-state index in [-0.39, 0.29) is 23.7 Å². The lowest BCUT2D eigenvalue weighted by molar-refractivity contribution is -0.122. The van der Waals surface area contributed by atoms with E-state index in [4.69, 9.17) is 10.00 Å². The lowest BCUT2D eigenvalue weighted by atomic mass is 10.2. The van der Waals surface area contributed by atoms with Gasteiger partial charge in [-0.1, -0.05) is 12.1 Å². The number of ether oxygens (including phenoxy) is 1. The maximum atomic E-state index is 12.7. The maximum absolute atomic E-state index is 12.7. The van der Waals surface area contributed by atoms with Gasteiger partial charge in [0.1, 0.15) is 0 Å². The van der Waals surface area contributed by atoms with Gasteiger partial charge < -0.3 is 20.3 Å². The Morgan fingerprint density at radius 2 is 1.62 bits per heavy atom. The summed E-state index contributed by atoms with van der Waals surface area (Å²) in [5, 5.41) is 14.6. The van der Waals surface area contributed by atoms with Crippen LogP contribution < -0.4 is 15.5 Å². The molecule has 2 aliphatic rings. The molecule has 2 N–H and O–H groups in total. The Hall–Kier alpha value is -3.37. The second kappa shape index (κ2) is 8.33. The average Bonchev–Trinajstić information content (AvgIpc) is 3.57. The van der Waals surface area contributed by atoms with Crippen LogP contribution in [-0.2, 0) is 14.3 Å². The van der Waals surface area contributed by atoms with Gasteiger partial charge in [-0.25, -0.2) is 0 Å². The molecule has 1 saturated heterocycles. The van der Waals surface area contributed by atoms with Crippen molar-refractivity contribution in [2.24, 2.45) is 11.8 Å². The molecule has 1 aliphatic carbocycles. The molecule has 2 atom stereocenters. The number of amides is 2. The Balaban J connectivity index is 1.35. The summed E-state index contributed by atoms with van der Waals surface area (Å²) in [6.07, 6.45) is 0.535. The fourth-order valence-corrected chi connectivity index (χ4v) is 3.52. The number of rotatable bonds is 5. The second-order valence-corrected chi connectivity index (χ2v) is 7.23. The third kappa shape index (κ3) is 4.39. The van der Waals surface area contributed by atoms with Gasteiger partial charge in [-0.2, -0.15) is 5.26 Å². The Morgan fingerprint density at radius 1 is 0.966 bits per heavy atom. The van der Waals surface area contributed by atoms with Gasteiger partial charge in [0.2, 0.25) is 11.8 Å². The largest absolute Gasteiger partial charge is 0.378 e. The summed E-state index contributed by atoms with van der Waals surface area (Å²) >= 11 is 0. The fourth-order valence-electron chi connectivity index (χ4n) is 3.52. The third-order valence-corrected chi connectivity index (χ3v) is 5.26. The van der Waals surface area contributed by atoms with Gasteiger partial charge in [0, 0.05) is 18.8 Å². The van der Waals surface area contributed by atoms with Crippen LogP contribution in [0.1, 0.15) is 12.0 Å². The van der Waals surface area contributed by atoms with Crippen LogP contribution >= 0.6 is 0 Å². The quantitative estimate of drug-likeness (QED) is 0.818. The van der Waals surface area contributed by atoms with Gasteiger partial charge in [-0.15, -0.1) is 0 Å². The van der Waals surface area contributed by atoms with Crippen LogP contribution in [0.3, 0.4) is 0 Å². The number of nitriles is 1. The number of nitrogens with one attached hydrogen (secondary N) is 2. The fraction of sp³-hybridized carbons (Fsp3) is 0.318. The van der Waals surface area contributed by atoms with Crippen LogP contribution in [0.25, 0.3) is 0 Å². The van der Waals surface area contributed by atoms with E-state index in [0.29, 0.717) is 30.9 Å². The molecular weight excluding hydrogens is 368 g/mol. The summed E-state index contributed by atoms with van der Waals surface area (Å²) in [4.78, 5) is 27.3. The molecule has 2 fully saturated rings. The van der Waals surface area contributed by atoms with E-state index >= 15 is 0 Å². The normalized spacial score (nSPS) is 20.4. The standard InChI is InChI=1S/C22H22N4O3/c23-14-15-5-7-16(8-6-15)24-21(27)17-13-18(17)22(28)25-19-3-1-2-4-20(19)26-9-11-29-12-10-26/h1-8,17-18H,9-13H2,(H,24,27)(H,25,28). The highest BCUT2D eigenvalue weighted by molar-refractivity contribution is 6.04. The first-order valence-corrected chi connectivity index (χ1v) is 9.69. The number of nitrogens with zero attached hydrogens (tertiary/aromatic N) is 2. The smallest absolute Gasteiger partial charge is 0.228 e. The SMILES string of the molecule is N#Cc1ccc(NC(=O)C2CC2C(=O)Nc2ccccc2N2CCOCC2)cc1. The number of hydrogen-bond acceptors (Lipinski definition) is 5. The van der Waals surface area contributed by atoms with Crippen molar-refractivity contribution in [2.75, 3.05) is 41.8 Å². The Kier molecular flexibility index (Phi) is 5.45. The maximum Gasteiger partial charge on any atom is 0.228 e. The average molecular weight is 390 g/mol. The van der Waals surface area contributed by atoms with Gasteiger partial charge in [0.25, 0.3) is 0 Å². The minimum atomic E-state index is -0.332. The van der Waals surface area contributed by atoms with Crippen molar-refractivity contribution >= 4 is 28.9 Å². The molecule has 7 heteroatoms. The molecule has 4 rings (SSSR count). The predicted molar refractivity (Wildman–Crippen MR) is 109 cm³/mol. The van der Waals surface area contributed by atoms with Crippen molar-refractivity contribution in [2.45, 2.75) is 6.42 Å². The molecule has 1 heterocycles. The number of para-hydroxylation sites is 2. The number of anilines is 3. The molecule has 2 unspecified atom stereocenters. The zero-order chi connectivity index (χ0) is 20.2. The molecule has 2 aromatic rings. The highest BCUT2D eigenvalue weighted by atomic mass is 16.5. The molecule has 1 saturated carbocycles. The minimum absolute atomic E-state index is 0.134. The van der Waals surface area contributed by atoms with Crippen LogP contribution in [0.4, 0.5) is 17.1 Å². The number of hydrogen-bond donors (Lipinski definition) is 2. The summed E-state index contributed by atoms with van der Waals surface area (Å²) < 4.78 is 5.40. The van der Waals surface area contributed by atoms with Crippen LogP contribution in [0, 0.1) is 23.2 Å². The van der Waals surface area contributed by atoms with Crippen molar-refractivity contribution in [3.8, 4) is 6.07 Å². The lowest BCUT2D eigenvalue weighted by Crippen LogP contribution is -2.36. The van der Waals surface area contributed by atoms with Crippen molar-refractivity contribution in [3.63, 3.8) is 0 Å². The Labute approximate surface area is 169 Å². The molecule has 0 radical (unpaired) electrons. The van der Waals surface area contributed by atoms with E-state index in [9.17, 15) is 9.59 Å². The zero-order valence-electron chi connectivity index (χ0n) is 15.9. The van der Waals surface area contributed by atoms with Gasteiger partial charge in [0.05, 0.1) is 48.1 Å². The van der Waals surface area contributed by atoms with E-state index in [0.717, 1.165) is 24.5 Å². The first kappa shape index (κ1) is 19.0. The van der Waals surface area contributed by atoms with Crippen molar-refractivity contribution in [1.82, 2.24) is 0 Å². The van der Waals surface area contributed by atoms with Crippen molar-refractivity contribution in [3.05, 3.63) is 54.1 Å². The highest BCUT2D eigenvalue weighted by Crippen LogP contribution is 2.41. The van der Waals surface area contributed by atoms with Crippen molar-refractivity contribution in [1.29, 1.82) is 5.26 Å². The number of carbonyl (C=O) groups excluding carboxylic acids is 2. The highest BCUT2D eigenvalue weighted by Gasteiger charge is 2.48. The first-order chi connectivity index (χ1) is 14.2. The van der Waals surface area contributed by atoms with E-state index < -0.39 is 0 Å². The molecular formula is C22H22N4O3. The molecule has 2 amide bonds. The van der Waals surface area contributed by atoms with Crippen molar-refractivity contribution < 1.29 is 14.3 Å². The van der Waals surface area contributed by atoms with E-state index in [1.165, 1.54) is 0 Å². The van der Waals surface area contributed by atoms with Gasteiger partial charge >= 0.3 is 0 Å². The van der Waals surface area contributed by atoms with Crippen LogP contribution in [-0.4, -0.2) is 38.1 Å². The number of morpholine rings is 1. The molecule has 0 bridgehead atoms. The molecule has 0 spiro atoms. The summed E-state index contributed by atoms with van der Waals surface area (Å²) in [6.45, 7) is 2.91. The molecule has 2 aromatic carbocycles. The lowest BCUT2D eigenvalue weighted by Gasteiger charge is -2.30. The van der Waals surface area contributed by atoms with E-state index in [2.05, 4.69) is 15.5 Å².